The molecule has 0 heterocycles. The van der Waals surface area contributed by atoms with Gasteiger partial charge in [0.25, 0.3) is 0 Å². The molecule has 0 bridgehead atoms. The molecule has 4 nitrogen and oxygen atoms in total. The standard InChI is InChI=1S/C29H18F12N2O2/c30-26(31,32)19-13-15(42)9-11-23(19)44-21-7-3-1-5-17(21)25(28(36,37)38,29(39,40)41)18-6-2-4-8-22(18)45-24-12-10-16(43)14-20(24)27(33,34)35/h1-14H,42-43H2. The Morgan fingerprint density at radius 3 is 1.02 bits per heavy atom. The van der Waals surface area contributed by atoms with Gasteiger partial charge in [0, 0.05) is 22.5 Å². The number of alkyl halides is 12. The van der Waals surface area contributed by atoms with E-state index in [-0.39, 0.29) is 0 Å². The number of nitrogens with two attached hydrogens (primary N) is 2. The summed E-state index contributed by atoms with van der Waals surface area (Å²) in [6.07, 6.45) is -23.1. The molecule has 4 N–H and O–H groups in total. The molecule has 0 aliphatic rings. The number of benzene rings is 4. The molecule has 0 unspecified atom stereocenters. The van der Waals surface area contributed by atoms with Crippen LogP contribution in [0.2, 0.25) is 0 Å². The van der Waals surface area contributed by atoms with Crippen LogP contribution in [-0.4, -0.2) is 12.4 Å². The largest absolute Gasteiger partial charge is 0.456 e. The van der Waals surface area contributed by atoms with Crippen molar-refractivity contribution in [2.45, 2.75) is 30.1 Å². The van der Waals surface area contributed by atoms with Crippen molar-refractivity contribution in [3.05, 3.63) is 107 Å². The molecule has 4 aromatic rings. The lowest BCUT2D eigenvalue weighted by atomic mass is 9.72. The van der Waals surface area contributed by atoms with Crippen LogP contribution in [0, 0.1) is 0 Å². The van der Waals surface area contributed by atoms with Gasteiger partial charge in [-0.15, -0.1) is 0 Å². The second kappa shape index (κ2) is 11.3. The quantitative estimate of drug-likeness (QED) is 0.160. The van der Waals surface area contributed by atoms with Crippen LogP contribution in [0.15, 0.2) is 84.9 Å². The van der Waals surface area contributed by atoms with Crippen LogP contribution in [0.1, 0.15) is 22.3 Å². The van der Waals surface area contributed by atoms with E-state index in [9.17, 15) is 26.3 Å². The predicted molar refractivity (Wildman–Crippen MR) is 138 cm³/mol. The van der Waals surface area contributed by atoms with Crippen molar-refractivity contribution < 1.29 is 62.2 Å². The summed E-state index contributed by atoms with van der Waals surface area (Å²) < 4.78 is 183. The van der Waals surface area contributed by atoms with E-state index in [4.69, 9.17) is 20.9 Å². The fraction of sp³-hybridized carbons (Fsp3) is 0.172. The molecule has 0 fully saturated rings. The van der Waals surface area contributed by atoms with E-state index < -0.39 is 86.7 Å². The molecule has 240 valence electrons. The molecule has 0 aromatic heterocycles. The molecule has 4 aromatic carbocycles. The summed E-state index contributed by atoms with van der Waals surface area (Å²) in [6, 6.07) is 8.80. The van der Waals surface area contributed by atoms with E-state index in [0.29, 0.717) is 48.5 Å². The summed E-state index contributed by atoms with van der Waals surface area (Å²) in [5.41, 5.74) is -1.89. The summed E-state index contributed by atoms with van der Waals surface area (Å²) in [5.74, 6) is -4.96. The maximum absolute atomic E-state index is 15.1. The molecule has 0 radical (unpaired) electrons. The molecule has 0 spiro atoms. The van der Waals surface area contributed by atoms with Crippen molar-refractivity contribution in [3.8, 4) is 23.0 Å². The average molecular weight is 654 g/mol. The van der Waals surface area contributed by atoms with E-state index in [0.717, 1.165) is 36.4 Å². The summed E-state index contributed by atoms with van der Waals surface area (Å²) in [6.45, 7) is 0. The second-order valence-corrected chi connectivity index (χ2v) is 9.45. The van der Waals surface area contributed by atoms with Crippen LogP contribution in [0.25, 0.3) is 0 Å². The molecule has 16 heteroatoms. The van der Waals surface area contributed by atoms with Crippen molar-refractivity contribution >= 4 is 11.4 Å². The Bertz CT molecular complexity index is 1570. The van der Waals surface area contributed by atoms with Crippen molar-refractivity contribution in [2.75, 3.05) is 11.5 Å². The van der Waals surface area contributed by atoms with Gasteiger partial charge in [0.05, 0.1) is 0 Å². The summed E-state index contributed by atoms with van der Waals surface area (Å²) in [5, 5.41) is 0. The lowest BCUT2D eigenvalue weighted by molar-refractivity contribution is -0.289. The van der Waals surface area contributed by atoms with E-state index in [1.165, 1.54) is 0 Å². The molecule has 0 amide bonds. The highest BCUT2D eigenvalue weighted by atomic mass is 19.4. The van der Waals surface area contributed by atoms with Crippen LogP contribution < -0.4 is 20.9 Å². The van der Waals surface area contributed by atoms with Gasteiger partial charge in [0.2, 0.25) is 5.41 Å². The molecule has 0 saturated carbocycles. The summed E-state index contributed by atoms with van der Waals surface area (Å²) >= 11 is 0. The van der Waals surface area contributed by atoms with Crippen LogP contribution in [0.5, 0.6) is 23.0 Å². The first-order valence-corrected chi connectivity index (χ1v) is 12.3. The first-order chi connectivity index (χ1) is 20.7. The second-order valence-electron chi connectivity index (χ2n) is 9.45. The molecule has 0 saturated heterocycles. The Morgan fingerprint density at radius 2 is 0.711 bits per heavy atom. The zero-order valence-electron chi connectivity index (χ0n) is 22.1. The van der Waals surface area contributed by atoms with Gasteiger partial charge < -0.3 is 20.9 Å². The zero-order chi connectivity index (χ0) is 33.6. The number of anilines is 2. The van der Waals surface area contributed by atoms with Crippen molar-refractivity contribution in [1.82, 2.24) is 0 Å². The normalized spacial score (nSPS) is 13.1. The van der Waals surface area contributed by atoms with Crippen LogP contribution >= 0.6 is 0 Å². The van der Waals surface area contributed by atoms with Gasteiger partial charge in [-0.25, -0.2) is 0 Å². The summed E-state index contributed by atoms with van der Waals surface area (Å²) in [4.78, 5) is 0. The Hall–Kier alpha value is -4.76. The fourth-order valence-electron chi connectivity index (χ4n) is 4.60. The third-order valence-corrected chi connectivity index (χ3v) is 6.49. The van der Waals surface area contributed by atoms with Crippen LogP contribution in [0.4, 0.5) is 64.1 Å². The first kappa shape index (κ1) is 33.1. The number of hydrogen-bond acceptors (Lipinski definition) is 4. The van der Waals surface area contributed by atoms with Crippen molar-refractivity contribution in [3.63, 3.8) is 0 Å². The Balaban J connectivity index is 2.03. The fourth-order valence-corrected chi connectivity index (χ4v) is 4.60. The molecule has 0 aliphatic heterocycles. The number of hydrogen-bond donors (Lipinski definition) is 2. The Labute approximate surface area is 245 Å². The highest BCUT2D eigenvalue weighted by Gasteiger charge is 2.74. The first-order valence-electron chi connectivity index (χ1n) is 12.3. The lowest BCUT2D eigenvalue weighted by Crippen LogP contribution is -2.55. The minimum Gasteiger partial charge on any atom is -0.456 e. The van der Waals surface area contributed by atoms with E-state index >= 15 is 26.3 Å². The minimum atomic E-state index is -6.34. The smallest absolute Gasteiger partial charge is 0.420 e. The van der Waals surface area contributed by atoms with E-state index in [1.807, 2.05) is 0 Å². The maximum Gasteiger partial charge on any atom is 0.420 e. The third-order valence-electron chi connectivity index (χ3n) is 6.49. The number of rotatable bonds is 6. The molecule has 0 atom stereocenters. The third kappa shape index (κ3) is 6.26. The average Bonchev–Trinajstić information content (AvgIpc) is 2.90. The highest BCUT2D eigenvalue weighted by Crippen LogP contribution is 2.60. The topological polar surface area (TPSA) is 70.5 Å². The zero-order valence-corrected chi connectivity index (χ0v) is 22.1. The molecule has 0 aliphatic carbocycles. The Kier molecular flexibility index (Phi) is 8.33. The van der Waals surface area contributed by atoms with Crippen molar-refractivity contribution in [2.24, 2.45) is 0 Å². The molecule has 4 rings (SSSR count). The maximum atomic E-state index is 15.1. The van der Waals surface area contributed by atoms with Crippen LogP contribution in [0.3, 0.4) is 0 Å². The number of ether oxygens (including phenoxy) is 2. The molecular weight excluding hydrogens is 636 g/mol. The van der Waals surface area contributed by atoms with Gasteiger partial charge in [-0.3, -0.25) is 0 Å². The number of halogens is 12. The number of nitrogen functional groups attached to an aromatic ring is 2. The highest BCUT2D eigenvalue weighted by molar-refractivity contribution is 5.59. The SMILES string of the molecule is Nc1ccc(Oc2ccccc2C(c2ccccc2Oc2ccc(N)cc2C(F)(F)F)(C(F)(F)F)C(F)(F)F)c(C(F)(F)F)c1. The molecular formula is C29H18F12N2O2. The number of para-hydroxylation sites is 2. The molecule has 45 heavy (non-hydrogen) atoms. The minimum absolute atomic E-state index is 0.321. The Morgan fingerprint density at radius 1 is 0.400 bits per heavy atom. The van der Waals surface area contributed by atoms with Gasteiger partial charge in [0.15, 0.2) is 0 Å². The van der Waals surface area contributed by atoms with Gasteiger partial charge in [-0.1, -0.05) is 36.4 Å². The van der Waals surface area contributed by atoms with Crippen LogP contribution in [-0.2, 0) is 17.8 Å². The van der Waals surface area contributed by atoms with Gasteiger partial charge in [0.1, 0.15) is 34.1 Å². The monoisotopic (exact) mass is 654 g/mol. The summed E-state index contributed by atoms with van der Waals surface area (Å²) in [7, 11) is 0. The van der Waals surface area contributed by atoms with Crippen molar-refractivity contribution in [1.29, 1.82) is 0 Å². The van der Waals surface area contributed by atoms with E-state index in [1.54, 1.807) is 0 Å². The van der Waals surface area contributed by atoms with E-state index in [2.05, 4.69) is 0 Å². The van der Waals surface area contributed by atoms with Gasteiger partial charge >= 0.3 is 24.7 Å². The van der Waals surface area contributed by atoms with Gasteiger partial charge in [-0.2, -0.15) is 52.7 Å². The van der Waals surface area contributed by atoms with Gasteiger partial charge in [-0.05, 0) is 48.5 Å². The predicted octanol–water partition coefficient (Wildman–Crippen LogP) is 9.88. The lowest BCUT2D eigenvalue weighted by Gasteiger charge is -2.39.